The molecule has 124 valence electrons. The third kappa shape index (κ3) is 3.27. The Labute approximate surface area is 146 Å². The zero-order chi connectivity index (χ0) is 17.1. The van der Waals surface area contributed by atoms with Crippen LogP contribution in [0.25, 0.3) is 10.4 Å². The van der Waals surface area contributed by atoms with E-state index in [-0.39, 0.29) is 12.4 Å². The Morgan fingerprint density at radius 1 is 1.25 bits per heavy atom. The Kier molecular flexibility index (Phi) is 4.82. The van der Waals surface area contributed by atoms with Crippen LogP contribution in [0.3, 0.4) is 0 Å². The molecule has 7 heteroatoms. The van der Waals surface area contributed by atoms with Crippen molar-refractivity contribution in [3.05, 3.63) is 52.1 Å². The Hall–Kier alpha value is -2.38. The van der Waals surface area contributed by atoms with Crippen LogP contribution in [0.2, 0.25) is 0 Å². The van der Waals surface area contributed by atoms with Crippen LogP contribution in [-0.4, -0.2) is 18.5 Å². The minimum atomic E-state index is -0.451. The Morgan fingerprint density at radius 3 is 2.71 bits per heavy atom. The normalized spacial score (nSPS) is 10.6. The largest absolute Gasteiger partial charge is 0.462 e. The number of ether oxygens (including phenoxy) is 1. The summed E-state index contributed by atoms with van der Waals surface area (Å²) >= 11 is 2.82. The molecule has 3 aromatic rings. The van der Waals surface area contributed by atoms with E-state index in [0.717, 1.165) is 10.4 Å². The predicted octanol–water partition coefficient (Wildman–Crippen LogP) is 4.81. The topological polar surface area (TPSA) is 68.5 Å². The number of carbonyl (C=O) groups is 2. The van der Waals surface area contributed by atoms with Crippen molar-refractivity contribution in [2.75, 3.05) is 11.9 Å². The highest BCUT2D eigenvalue weighted by atomic mass is 32.1. The molecule has 24 heavy (non-hydrogen) atoms. The molecule has 0 fully saturated rings. The maximum atomic E-state index is 12.4. The number of hydrogen-bond donors (Lipinski definition) is 1. The van der Waals surface area contributed by atoms with Crippen LogP contribution in [0.15, 0.2) is 39.4 Å². The molecular weight excluding hydrogens is 346 g/mol. The monoisotopic (exact) mass is 361 g/mol. The maximum Gasteiger partial charge on any atom is 0.341 e. The summed E-state index contributed by atoms with van der Waals surface area (Å²) in [4.78, 5) is 25.6. The van der Waals surface area contributed by atoms with Gasteiger partial charge in [0.2, 0.25) is 0 Å². The van der Waals surface area contributed by atoms with E-state index in [1.54, 1.807) is 26.0 Å². The van der Waals surface area contributed by atoms with Crippen LogP contribution in [-0.2, 0) is 4.74 Å². The average Bonchev–Trinajstić information content (AvgIpc) is 3.26. The molecule has 0 aliphatic heterocycles. The van der Waals surface area contributed by atoms with Gasteiger partial charge < -0.3 is 14.5 Å². The van der Waals surface area contributed by atoms with Crippen molar-refractivity contribution >= 4 is 39.6 Å². The molecule has 3 heterocycles. The molecule has 0 atom stereocenters. The molecule has 0 radical (unpaired) electrons. The molecule has 1 N–H and O–H groups in total. The van der Waals surface area contributed by atoms with E-state index < -0.39 is 11.9 Å². The highest BCUT2D eigenvalue weighted by molar-refractivity contribution is 7.17. The second-order valence-electron chi connectivity index (χ2n) is 4.92. The first-order valence-electron chi connectivity index (χ1n) is 7.30. The lowest BCUT2D eigenvalue weighted by molar-refractivity contribution is 0.0529. The van der Waals surface area contributed by atoms with Crippen molar-refractivity contribution in [3.8, 4) is 10.4 Å². The van der Waals surface area contributed by atoms with Crippen molar-refractivity contribution in [3.63, 3.8) is 0 Å². The van der Waals surface area contributed by atoms with Gasteiger partial charge in [0.15, 0.2) is 5.76 Å². The first-order valence-corrected chi connectivity index (χ1v) is 9.06. The third-order valence-corrected chi connectivity index (χ3v) is 5.05. The van der Waals surface area contributed by atoms with Crippen molar-refractivity contribution in [1.82, 2.24) is 0 Å². The molecule has 0 saturated heterocycles. The van der Waals surface area contributed by atoms with Gasteiger partial charge >= 0.3 is 5.97 Å². The number of rotatable bonds is 5. The minimum Gasteiger partial charge on any atom is -0.462 e. The first-order chi connectivity index (χ1) is 11.6. The van der Waals surface area contributed by atoms with Gasteiger partial charge in [0.05, 0.1) is 6.61 Å². The van der Waals surface area contributed by atoms with Crippen molar-refractivity contribution in [1.29, 1.82) is 0 Å². The zero-order valence-electron chi connectivity index (χ0n) is 13.1. The number of aryl methyl sites for hydroxylation is 1. The zero-order valence-corrected chi connectivity index (χ0v) is 14.8. The fraction of sp³-hybridized carbons (Fsp3) is 0.176. The summed E-state index contributed by atoms with van der Waals surface area (Å²) in [5, 5.41) is 6.99. The van der Waals surface area contributed by atoms with Crippen LogP contribution in [0, 0.1) is 6.92 Å². The summed E-state index contributed by atoms with van der Waals surface area (Å²) in [5.41, 5.74) is 1.14. The fourth-order valence-electron chi connectivity index (χ4n) is 2.19. The Morgan fingerprint density at radius 2 is 2.08 bits per heavy atom. The van der Waals surface area contributed by atoms with E-state index >= 15 is 0 Å². The smallest absolute Gasteiger partial charge is 0.341 e. The van der Waals surface area contributed by atoms with Gasteiger partial charge in [0.1, 0.15) is 16.3 Å². The van der Waals surface area contributed by atoms with Gasteiger partial charge in [-0.1, -0.05) is 6.07 Å². The Balaban J connectivity index is 1.95. The van der Waals surface area contributed by atoms with Crippen LogP contribution in [0.5, 0.6) is 0 Å². The van der Waals surface area contributed by atoms with Gasteiger partial charge in [0.25, 0.3) is 5.91 Å². The molecular formula is C17H15NO4S2. The second-order valence-corrected chi connectivity index (χ2v) is 6.74. The van der Waals surface area contributed by atoms with Gasteiger partial charge in [-0.05, 0) is 37.4 Å². The van der Waals surface area contributed by atoms with Gasteiger partial charge in [-0.3, -0.25) is 4.79 Å². The fourth-order valence-corrected chi connectivity index (χ4v) is 3.96. The van der Waals surface area contributed by atoms with Crippen LogP contribution < -0.4 is 5.32 Å². The van der Waals surface area contributed by atoms with Gasteiger partial charge in [-0.25, -0.2) is 4.79 Å². The van der Waals surface area contributed by atoms with E-state index in [1.165, 1.54) is 22.7 Å². The van der Waals surface area contributed by atoms with E-state index in [0.29, 0.717) is 16.3 Å². The summed E-state index contributed by atoms with van der Waals surface area (Å²) in [5.74, 6) is 0.00547. The van der Waals surface area contributed by atoms with Crippen LogP contribution >= 0.6 is 22.7 Å². The quantitative estimate of drug-likeness (QED) is 0.662. The van der Waals surface area contributed by atoms with E-state index in [4.69, 9.17) is 9.15 Å². The van der Waals surface area contributed by atoms with E-state index in [9.17, 15) is 9.59 Å². The average molecular weight is 361 g/mol. The number of nitrogens with one attached hydrogen (secondary N) is 1. The summed E-state index contributed by atoms with van der Waals surface area (Å²) in [7, 11) is 0. The number of hydrogen-bond acceptors (Lipinski definition) is 6. The second kappa shape index (κ2) is 7.02. The number of furan rings is 1. The lowest BCUT2D eigenvalue weighted by Gasteiger charge is -2.07. The summed E-state index contributed by atoms with van der Waals surface area (Å²) in [6.45, 7) is 3.78. The molecule has 0 unspecified atom stereocenters. The lowest BCUT2D eigenvalue weighted by Crippen LogP contribution is -2.14. The number of carbonyl (C=O) groups excluding carboxylic acids is 2. The number of esters is 1. The standard InChI is InChI=1S/C17H15NO4S2/c1-3-21-17(20)14-11(13-5-4-8-23-13)9-24-16(14)18-15(19)12-7-6-10(2)22-12/h4-9H,3H2,1-2H3,(H,18,19). The van der Waals surface area contributed by atoms with Gasteiger partial charge in [0, 0.05) is 15.8 Å². The van der Waals surface area contributed by atoms with Crippen molar-refractivity contribution in [2.45, 2.75) is 13.8 Å². The van der Waals surface area contributed by atoms with Crippen molar-refractivity contribution in [2.24, 2.45) is 0 Å². The van der Waals surface area contributed by atoms with Crippen LogP contribution in [0.1, 0.15) is 33.6 Å². The van der Waals surface area contributed by atoms with Crippen LogP contribution in [0.4, 0.5) is 5.00 Å². The molecule has 0 saturated carbocycles. The maximum absolute atomic E-state index is 12.4. The predicted molar refractivity (Wildman–Crippen MR) is 95.0 cm³/mol. The SMILES string of the molecule is CCOC(=O)c1c(-c2cccs2)csc1NC(=O)c1ccc(C)o1. The highest BCUT2D eigenvalue weighted by Gasteiger charge is 2.24. The molecule has 3 rings (SSSR count). The summed E-state index contributed by atoms with van der Waals surface area (Å²) in [6.07, 6.45) is 0. The molecule has 5 nitrogen and oxygen atoms in total. The molecule has 0 aliphatic rings. The highest BCUT2D eigenvalue weighted by Crippen LogP contribution is 2.38. The number of anilines is 1. The van der Waals surface area contributed by atoms with E-state index in [2.05, 4.69) is 5.32 Å². The molecule has 0 aromatic carbocycles. The molecule has 0 aliphatic carbocycles. The van der Waals surface area contributed by atoms with Gasteiger partial charge in [-0.2, -0.15) is 0 Å². The molecule has 0 spiro atoms. The number of amides is 1. The first kappa shape index (κ1) is 16.5. The molecule has 3 aromatic heterocycles. The van der Waals surface area contributed by atoms with Gasteiger partial charge in [-0.15, -0.1) is 22.7 Å². The summed E-state index contributed by atoms with van der Waals surface area (Å²) in [6, 6.07) is 7.16. The minimum absolute atomic E-state index is 0.202. The van der Waals surface area contributed by atoms with Crippen molar-refractivity contribution < 1.29 is 18.7 Å². The number of thiophene rings is 2. The lowest BCUT2D eigenvalue weighted by atomic mass is 10.1. The summed E-state index contributed by atoms with van der Waals surface area (Å²) < 4.78 is 10.5. The Bertz CT molecular complexity index is 861. The third-order valence-electron chi connectivity index (χ3n) is 3.25. The van der Waals surface area contributed by atoms with E-state index in [1.807, 2.05) is 22.9 Å². The molecule has 0 bridgehead atoms. The molecule has 1 amide bonds.